The van der Waals surface area contributed by atoms with Crippen LogP contribution in [-0.4, -0.2) is 70.1 Å². The first kappa shape index (κ1) is 21.2. The Bertz CT molecular complexity index is 1050. The average molecular weight is 456 g/mol. The summed E-state index contributed by atoms with van der Waals surface area (Å²) in [5.41, 5.74) is 1.44. The van der Waals surface area contributed by atoms with E-state index in [1.807, 2.05) is 41.1 Å². The van der Waals surface area contributed by atoms with Crippen LogP contribution in [0.1, 0.15) is 35.1 Å². The number of benzene rings is 1. The third kappa shape index (κ3) is 4.72. The summed E-state index contributed by atoms with van der Waals surface area (Å²) in [6, 6.07) is 12.0. The Morgan fingerprint density at radius 3 is 2.53 bits per heavy atom. The number of rotatable bonds is 5. The van der Waals surface area contributed by atoms with E-state index in [2.05, 4.69) is 15.2 Å². The van der Waals surface area contributed by atoms with Crippen LogP contribution >= 0.6 is 11.6 Å². The first-order valence-electron chi connectivity index (χ1n) is 11.0. The van der Waals surface area contributed by atoms with Crippen molar-refractivity contribution >= 4 is 17.5 Å². The lowest BCUT2D eigenvalue weighted by Gasteiger charge is -2.31. The molecule has 5 rings (SSSR count). The Morgan fingerprint density at radius 2 is 1.78 bits per heavy atom. The number of nitrogens with zero attached hydrogens (tertiary/aromatic N) is 5. The van der Waals surface area contributed by atoms with Gasteiger partial charge in [-0.1, -0.05) is 16.8 Å². The van der Waals surface area contributed by atoms with Gasteiger partial charge in [0.25, 0.3) is 5.91 Å². The topological polar surface area (TPSA) is 76.6 Å². The van der Waals surface area contributed by atoms with Crippen molar-refractivity contribution in [2.75, 3.05) is 39.4 Å². The molecule has 2 aromatic heterocycles. The van der Waals surface area contributed by atoms with Crippen molar-refractivity contribution in [2.45, 2.75) is 25.4 Å². The summed E-state index contributed by atoms with van der Waals surface area (Å²) in [5, 5.41) is 9.10. The molecular formula is C23H26ClN5O3. The SMILES string of the molecule is O=C(c1cn(C2CCN(Cc3ccc(-c4ccc(Cl)cc4)o3)CC2)nn1)N1CCOCC1. The number of ether oxygens (including phenoxy) is 1. The zero-order chi connectivity index (χ0) is 21.9. The third-order valence-corrected chi connectivity index (χ3v) is 6.38. The normalized spacial score (nSPS) is 18.2. The summed E-state index contributed by atoms with van der Waals surface area (Å²) in [6.45, 7) is 5.03. The van der Waals surface area contributed by atoms with E-state index in [4.69, 9.17) is 20.8 Å². The number of piperidine rings is 1. The van der Waals surface area contributed by atoms with Crippen molar-refractivity contribution in [2.24, 2.45) is 0 Å². The predicted octanol–water partition coefficient (Wildman–Crippen LogP) is 3.50. The first-order chi connectivity index (χ1) is 15.7. The number of likely N-dealkylation sites (tertiary alicyclic amines) is 1. The number of carbonyl (C=O) groups excluding carboxylic acids is 1. The molecule has 8 nitrogen and oxygen atoms in total. The van der Waals surface area contributed by atoms with Gasteiger partial charge in [0.15, 0.2) is 5.69 Å². The molecule has 1 amide bonds. The number of furan rings is 1. The number of morpholine rings is 1. The van der Waals surface area contributed by atoms with Gasteiger partial charge in [0.05, 0.1) is 32.0 Å². The zero-order valence-corrected chi connectivity index (χ0v) is 18.6. The van der Waals surface area contributed by atoms with E-state index in [-0.39, 0.29) is 11.9 Å². The number of aromatic nitrogens is 3. The van der Waals surface area contributed by atoms with Gasteiger partial charge in [-0.15, -0.1) is 5.10 Å². The molecule has 168 valence electrons. The fraction of sp³-hybridized carbons (Fsp3) is 0.435. The Kier molecular flexibility index (Phi) is 6.25. The van der Waals surface area contributed by atoms with Gasteiger partial charge in [-0.2, -0.15) is 0 Å². The molecule has 0 saturated carbocycles. The summed E-state index contributed by atoms with van der Waals surface area (Å²) in [6.07, 6.45) is 3.71. The van der Waals surface area contributed by atoms with E-state index in [1.54, 1.807) is 11.1 Å². The average Bonchev–Trinajstić information content (AvgIpc) is 3.51. The second kappa shape index (κ2) is 9.44. The molecule has 3 aromatic rings. The number of amides is 1. The minimum Gasteiger partial charge on any atom is -0.460 e. The highest BCUT2D eigenvalue weighted by molar-refractivity contribution is 6.30. The van der Waals surface area contributed by atoms with Gasteiger partial charge in [0, 0.05) is 36.8 Å². The van der Waals surface area contributed by atoms with Crippen LogP contribution in [-0.2, 0) is 11.3 Å². The maximum absolute atomic E-state index is 12.6. The fourth-order valence-corrected chi connectivity index (χ4v) is 4.40. The largest absolute Gasteiger partial charge is 0.460 e. The summed E-state index contributed by atoms with van der Waals surface area (Å²) in [5.74, 6) is 1.74. The second-order valence-corrected chi connectivity index (χ2v) is 8.70. The molecule has 0 spiro atoms. The van der Waals surface area contributed by atoms with Gasteiger partial charge in [-0.05, 0) is 49.2 Å². The van der Waals surface area contributed by atoms with Crippen molar-refractivity contribution in [3.8, 4) is 11.3 Å². The van der Waals surface area contributed by atoms with Gasteiger partial charge in [0.2, 0.25) is 0 Å². The van der Waals surface area contributed by atoms with E-state index in [1.165, 1.54) is 0 Å². The molecule has 0 bridgehead atoms. The van der Waals surface area contributed by atoms with Crippen LogP contribution in [0.15, 0.2) is 47.0 Å². The van der Waals surface area contributed by atoms with E-state index in [0.29, 0.717) is 37.0 Å². The smallest absolute Gasteiger partial charge is 0.276 e. The predicted molar refractivity (Wildman–Crippen MR) is 119 cm³/mol. The van der Waals surface area contributed by atoms with Crippen LogP contribution < -0.4 is 0 Å². The van der Waals surface area contributed by atoms with Crippen LogP contribution in [0.25, 0.3) is 11.3 Å². The highest BCUT2D eigenvalue weighted by Crippen LogP contribution is 2.27. The Morgan fingerprint density at radius 1 is 1.03 bits per heavy atom. The molecule has 0 radical (unpaired) electrons. The summed E-state index contributed by atoms with van der Waals surface area (Å²) in [4.78, 5) is 16.8. The Hall–Kier alpha value is -2.68. The standard InChI is InChI=1S/C23H26ClN5O3/c24-18-3-1-17(2-4-18)22-6-5-20(32-22)15-27-9-7-19(8-10-27)29-16-21(25-26-29)23(30)28-11-13-31-14-12-28/h1-6,16,19H,7-15H2. The third-order valence-electron chi connectivity index (χ3n) is 6.13. The molecule has 1 aromatic carbocycles. The maximum atomic E-state index is 12.6. The van der Waals surface area contributed by atoms with Crippen LogP contribution in [0.3, 0.4) is 0 Å². The molecular weight excluding hydrogens is 430 g/mol. The van der Waals surface area contributed by atoms with Crippen LogP contribution in [0, 0.1) is 0 Å². The van der Waals surface area contributed by atoms with E-state index in [9.17, 15) is 4.79 Å². The van der Waals surface area contributed by atoms with Gasteiger partial charge in [-0.25, -0.2) is 4.68 Å². The van der Waals surface area contributed by atoms with Crippen molar-refractivity contribution in [3.63, 3.8) is 0 Å². The van der Waals surface area contributed by atoms with E-state index in [0.717, 1.165) is 49.6 Å². The molecule has 2 fully saturated rings. The molecule has 4 heterocycles. The molecule has 9 heteroatoms. The van der Waals surface area contributed by atoms with Gasteiger partial charge in [-0.3, -0.25) is 9.69 Å². The summed E-state index contributed by atoms with van der Waals surface area (Å²) >= 11 is 5.97. The number of hydrogen-bond donors (Lipinski definition) is 0. The van der Waals surface area contributed by atoms with Crippen molar-refractivity contribution in [3.05, 3.63) is 59.1 Å². The van der Waals surface area contributed by atoms with Crippen molar-refractivity contribution in [1.29, 1.82) is 0 Å². The molecule has 0 unspecified atom stereocenters. The van der Waals surface area contributed by atoms with Crippen LogP contribution in [0.4, 0.5) is 0 Å². The lowest BCUT2D eigenvalue weighted by atomic mass is 10.1. The Balaban J connectivity index is 1.14. The zero-order valence-electron chi connectivity index (χ0n) is 17.8. The van der Waals surface area contributed by atoms with Gasteiger partial charge >= 0.3 is 0 Å². The second-order valence-electron chi connectivity index (χ2n) is 8.27. The van der Waals surface area contributed by atoms with Crippen molar-refractivity contribution in [1.82, 2.24) is 24.8 Å². The van der Waals surface area contributed by atoms with E-state index >= 15 is 0 Å². The summed E-state index contributed by atoms with van der Waals surface area (Å²) in [7, 11) is 0. The number of halogens is 1. The molecule has 2 saturated heterocycles. The molecule has 0 atom stereocenters. The highest BCUT2D eigenvalue weighted by atomic mass is 35.5. The quantitative estimate of drug-likeness (QED) is 0.586. The van der Waals surface area contributed by atoms with Crippen LogP contribution in [0.5, 0.6) is 0 Å². The van der Waals surface area contributed by atoms with Crippen molar-refractivity contribution < 1.29 is 13.9 Å². The first-order valence-corrected chi connectivity index (χ1v) is 11.4. The summed E-state index contributed by atoms with van der Waals surface area (Å²) < 4.78 is 13.2. The lowest BCUT2D eigenvalue weighted by molar-refractivity contribution is 0.0299. The number of carbonyl (C=O) groups is 1. The fourth-order valence-electron chi connectivity index (χ4n) is 4.28. The minimum atomic E-state index is -0.0636. The molecule has 0 N–H and O–H groups in total. The molecule has 2 aliphatic heterocycles. The molecule has 0 aliphatic carbocycles. The maximum Gasteiger partial charge on any atom is 0.276 e. The van der Waals surface area contributed by atoms with Gasteiger partial charge < -0.3 is 14.1 Å². The minimum absolute atomic E-state index is 0.0636. The van der Waals surface area contributed by atoms with Gasteiger partial charge in [0.1, 0.15) is 11.5 Å². The lowest BCUT2D eigenvalue weighted by Crippen LogP contribution is -2.40. The Labute approximate surface area is 191 Å². The van der Waals surface area contributed by atoms with Crippen LogP contribution in [0.2, 0.25) is 5.02 Å². The van der Waals surface area contributed by atoms with E-state index < -0.39 is 0 Å². The molecule has 2 aliphatic rings. The number of hydrogen-bond acceptors (Lipinski definition) is 6. The molecule has 32 heavy (non-hydrogen) atoms. The monoisotopic (exact) mass is 455 g/mol. The highest BCUT2D eigenvalue weighted by Gasteiger charge is 2.25.